The molecule has 2 rings (SSSR count). The van der Waals surface area contributed by atoms with E-state index in [4.69, 9.17) is 11.2 Å². The van der Waals surface area contributed by atoms with Gasteiger partial charge in [0.25, 0.3) is 0 Å². The van der Waals surface area contributed by atoms with Crippen LogP contribution in [0.3, 0.4) is 0 Å². The number of sulfonamides is 1. The Morgan fingerprint density at radius 1 is 1.42 bits per heavy atom. The molecule has 19 heavy (non-hydrogen) atoms. The summed E-state index contributed by atoms with van der Waals surface area (Å²) in [6, 6.07) is 6.75. The van der Waals surface area contributed by atoms with Crippen molar-refractivity contribution >= 4 is 10.0 Å². The van der Waals surface area contributed by atoms with E-state index in [1.54, 1.807) is 24.3 Å². The van der Waals surface area contributed by atoms with Gasteiger partial charge in [0.2, 0.25) is 10.0 Å². The number of benzene rings is 1. The molecule has 0 amide bonds. The van der Waals surface area contributed by atoms with Crippen LogP contribution in [0.25, 0.3) is 0 Å². The van der Waals surface area contributed by atoms with Crippen molar-refractivity contribution in [1.82, 2.24) is 4.31 Å². The van der Waals surface area contributed by atoms with Crippen LogP contribution in [0.5, 0.6) is 0 Å². The predicted octanol–water partition coefficient (Wildman–Crippen LogP) is 1.41. The molecule has 1 aliphatic heterocycles. The molecule has 0 bridgehead atoms. The summed E-state index contributed by atoms with van der Waals surface area (Å²) in [5, 5.41) is 0. The van der Waals surface area contributed by atoms with Gasteiger partial charge in [-0.05, 0) is 26.0 Å². The highest BCUT2D eigenvalue weighted by molar-refractivity contribution is 7.89. The maximum absolute atomic E-state index is 12.5. The molecule has 4 nitrogen and oxygen atoms in total. The van der Waals surface area contributed by atoms with Crippen molar-refractivity contribution in [3.63, 3.8) is 0 Å². The van der Waals surface area contributed by atoms with Crippen LogP contribution in [-0.2, 0) is 14.8 Å². The van der Waals surface area contributed by atoms with E-state index >= 15 is 0 Å². The van der Waals surface area contributed by atoms with Crippen LogP contribution in [0.2, 0.25) is 0 Å². The summed E-state index contributed by atoms with van der Waals surface area (Å²) in [5.41, 5.74) is 0.620. The Labute approximate surface area is 114 Å². The summed E-state index contributed by atoms with van der Waals surface area (Å²) in [6.45, 7) is 4.69. The van der Waals surface area contributed by atoms with E-state index in [0.29, 0.717) is 6.61 Å². The van der Waals surface area contributed by atoms with Gasteiger partial charge >= 0.3 is 0 Å². The van der Waals surface area contributed by atoms with Crippen LogP contribution in [0.4, 0.5) is 0 Å². The lowest BCUT2D eigenvalue weighted by molar-refractivity contribution is 0.274. The van der Waals surface area contributed by atoms with Crippen LogP contribution < -0.4 is 0 Å². The molecule has 1 aliphatic rings. The number of terminal acetylenes is 1. The van der Waals surface area contributed by atoms with Gasteiger partial charge in [0.15, 0.2) is 0 Å². The van der Waals surface area contributed by atoms with Gasteiger partial charge in [0.1, 0.15) is 5.60 Å². The first-order valence-electron chi connectivity index (χ1n) is 6.02. The average molecular weight is 279 g/mol. The van der Waals surface area contributed by atoms with Gasteiger partial charge in [0.05, 0.1) is 18.0 Å². The number of ether oxygens (including phenoxy) is 1. The molecule has 1 saturated heterocycles. The number of aryl methyl sites for hydroxylation is 1. The molecule has 0 aliphatic carbocycles. The Hall–Kier alpha value is -1.35. The van der Waals surface area contributed by atoms with E-state index in [0.717, 1.165) is 5.56 Å². The van der Waals surface area contributed by atoms with Crippen molar-refractivity contribution in [1.29, 1.82) is 0 Å². The van der Waals surface area contributed by atoms with Gasteiger partial charge in [-0.15, -0.1) is 6.42 Å². The van der Waals surface area contributed by atoms with Gasteiger partial charge in [-0.3, -0.25) is 0 Å². The Balaban J connectivity index is 2.28. The third-order valence-electron chi connectivity index (χ3n) is 3.07. The molecule has 1 aromatic carbocycles. The highest BCUT2D eigenvalue weighted by atomic mass is 32.2. The average Bonchev–Trinajstić information content (AvgIpc) is 3.07. The standard InChI is InChI=1S/C14H17NO3S/c1-4-9-15(10-14(3)11-18-14)19(16,17)13-7-5-12(2)6-8-13/h1,5-8H,9-11H2,2-3H3/t14-/m1/s1. The van der Waals surface area contributed by atoms with Crippen molar-refractivity contribution in [2.24, 2.45) is 0 Å². The summed E-state index contributed by atoms with van der Waals surface area (Å²) in [7, 11) is -3.56. The van der Waals surface area contributed by atoms with E-state index in [2.05, 4.69) is 5.92 Å². The lowest BCUT2D eigenvalue weighted by atomic mass is 10.2. The zero-order valence-electron chi connectivity index (χ0n) is 11.1. The Morgan fingerprint density at radius 2 is 2.00 bits per heavy atom. The molecule has 0 N–H and O–H groups in total. The van der Waals surface area contributed by atoms with Crippen molar-refractivity contribution in [2.75, 3.05) is 19.7 Å². The monoisotopic (exact) mass is 279 g/mol. The zero-order valence-corrected chi connectivity index (χ0v) is 11.9. The lowest BCUT2D eigenvalue weighted by Gasteiger charge is -2.21. The minimum atomic E-state index is -3.56. The highest BCUT2D eigenvalue weighted by Crippen LogP contribution is 2.29. The van der Waals surface area contributed by atoms with Crippen molar-refractivity contribution in [2.45, 2.75) is 24.3 Å². The minimum Gasteiger partial charge on any atom is -0.368 e. The van der Waals surface area contributed by atoms with Crippen molar-refractivity contribution < 1.29 is 13.2 Å². The van der Waals surface area contributed by atoms with Crippen LogP contribution in [0, 0.1) is 19.3 Å². The molecule has 0 unspecified atom stereocenters. The number of nitrogens with zero attached hydrogens (tertiary/aromatic N) is 1. The van der Waals surface area contributed by atoms with E-state index in [9.17, 15) is 8.42 Å². The zero-order chi connectivity index (χ0) is 14.1. The molecular weight excluding hydrogens is 262 g/mol. The van der Waals surface area contributed by atoms with Crippen LogP contribution in [0.15, 0.2) is 29.2 Å². The van der Waals surface area contributed by atoms with Crippen molar-refractivity contribution in [3.05, 3.63) is 29.8 Å². The summed E-state index contributed by atoms with van der Waals surface area (Å²) in [4.78, 5) is 0.262. The second-order valence-electron chi connectivity index (χ2n) is 5.03. The second kappa shape index (κ2) is 4.97. The number of hydrogen-bond donors (Lipinski definition) is 0. The van der Waals surface area contributed by atoms with Gasteiger partial charge in [0, 0.05) is 6.54 Å². The van der Waals surface area contributed by atoms with Gasteiger partial charge in [-0.2, -0.15) is 4.31 Å². The minimum absolute atomic E-state index is 0.0508. The SMILES string of the molecule is C#CCN(C[C@]1(C)CO1)S(=O)(=O)c1ccc(C)cc1. The molecule has 0 spiro atoms. The second-order valence-corrected chi connectivity index (χ2v) is 6.97. The van der Waals surface area contributed by atoms with Gasteiger partial charge in [-0.1, -0.05) is 23.6 Å². The maximum Gasteiger partial charge on any atom is 0.244 e. The molecule has 1 atom stereocenters. The summed E-state index contributed by atoms with van der Waals surface area (Å²) in [6.07, 6.45) is 5.27. The summed E-state index contributed by atoms with van der Waals surface area (Å²) >= 11 is 0. The molecule has 0 saturated carbocycles. The first-order valence-corrected chi connectivity index (χ1v) is 7.46. The first-order chi connectivity index (χ1) is 8.87. The normalized spacial score (nSPS) is 22.2. The Bertz CT molecular complexity index is 595. The number of epoxide rings is 1. The molecule has 102 valence electrons. The molecule has 1 fully saturated rings. The molecule has 0 radical (unpaired) electrons. The smallest absolute Gasteiger partial charge is 0.244 e. The van der Waals surface area contributed by atoms with E-state index in [1.165, 1.54) is 4.31 Å². The summed E-state index contributed by atoms with van der Waals surface area (Å²) in [5.74, 6) is 2.40. The number of rotatable bonds is 5. The predicted molar refractivity (Wildman–Crippen MR) is 73.1 cm³/mol. The van der Waals surface area contributed by atoms with E-state index in [1.807, 2.05) is 13.8 Å². The molecule has 0 aromatic heterocycles. The molecule has 5 heteroatoms. The van der Waals surface area contributed by atoms with E-state index < -0.39 is 15.6 Å². The van der Waals surface area contributed by atoms with Crippen LogP contribution in [0.1, 0.15) is 12.5 Å². The third-order valence-corrected chi connectivity index (χ3v) is 4.88. The molecule has 1 heterocycles. The summed E-state index contributed by atoms with van der Waals surface area (Å²) < 4.78 is 31.6. The van der Waals surface area contributed by atoms with Crippen LogP contribution in [-0.4, -0.2) is 38.0 Å². The highest BCUT2D eigenvalue weighted by Gasteiger charge is 2.43. The largest absolute Gasteiger partial charge is 0.368 e. The fourth-order valence-electron chi connectivity index (χ4n) is 1.77. The van der Waals surface area contributed by atoms with Crippen LogP contribution >= 0.6 is 0 Å². The molecular formula is C14H17NO3S. The fraction of sp³-hybridized carbons (Fsp3) is 0.429. The molecule has 1 aromatic rings. The van der Waals surface area contributed by atoms with E-state index in [-0.39, 0.29) is 18.0 Å². The Kier molecular flexibility index (Phi) is 3.68. The fourth-order valence-corrected chi connectivity index (χ4v) is 3.24. The number of hydrogen-bond acceptors (Lipinski definition) is 3. The maximum atomic E-state index is 12.5. The van der Waals surface area contributed by atoms with Crippen molar-refractivity contribution in [3.8, 4) is 12.3 Å². The topological polar surface area (TPSA) is 49.9 Å². The van der Waals surface area contributed by atoms with Gasteiger partial charge < -0.3 is 4.74 Å². The quantitative estimate of drug-likeness (QED) is 0.605. The first kappa shape index (κ1) is 14.1. The lowest BCUT2D eigenvalue weighted by Crippen LogP contribution is -2.38. The van der Waals surface area contributed by atoms with Gasteiger partial charge in [-0.25, -0.2) is 8.42 Å². The Morgan fingerprint density at radius 3 is 2.47 bits per heavy atom. The third kappa shape index (κ3) is 3.16.